The van der Waals surface area contributed by atoms with Gasteiger partial charge in [-0.25, -0.2) is 13.2 Å². The molecule has 0 radical (unpaired) electrons. The van der Waals surface area contributed by atoms with Crippen LogP contribution < -0.4 is 10.6 Å². The number of urea groups is 1. The van der Waals surface area contributed by atoms with Gasteiger partial charge in [-0.05, 0) is 30.5 Å². The Bertz CT molecular complexity index is 635. The first-order valence-corrected chi connectivity index (χ1v) is 8.53. The molecular formula is C14H20F2N2O4S. The van der Waals surface area contributed by atoms with Gasteiger partial charge in [0.1, 0.15) is 0 Å². The van der Waals surface area contributed by atoms with Crippen molar-refractivity contribution in [3.8, 4) is 0 Å². The molecule has 130 valence electrons. The van der Waals surface area contributed by atoms with E-state index in [9.17, 15) is 22.0 Å². The van der Waals surface area contributed by atoms with Crippen molar-refractivity contribution < 1.29 is 27.1 Å². The van der Waals surface area contributed by atoms with Gasteiger partial charge in [-0.3, -0.25) is 0 Å². The van der Waals surface area contributed by atoms with Crippen LogP contribution in [0.5, 0.6) is 0 Å². The lowest BCUT2D eigenvalue weighted by Gasteiger charge is -2.21. The molecular weight excluding hydrogens is 330 g/mol. The lowest BCUT2D eigenvalue weighted by molar-refractivity contribution is 0.227. The highest BCUT2D eigenvalue weighted by Crippen LogP contribution is 2.21. The molecule has 1 aromatic rings. The molecule has 1 aromatic carbocycles. The molecule has 0 saturated carbocycles. The predicted octanol–water partition coefficient (Wildman–Crippen LogP) is 2.21. The van der Waals surface area contributed by atoms with Crippen LogP contribution in [0.4, 0.5) is 19.3 Å². The highest BCUT2D eigenvalue weighted by Gasteiger charge is 2.26. The van der Waals surface area contributed by atoms with Crippen LogP contribution in [0, 0.1) is 5.92 Å². The van der Waals surface area contributed by atoms with Gasteiger partial charge in [-0.15, -0.1) is 0 Å². The molecule has 0 unspecified atom stereocenters. The molecule has 9 heteroatoms. The van der Waals surface area contributed by atoms with Crippen LogP contribution in [0.25, 0.3) is 0 Å². The van der Waals surface area contributed by atoms with Gasteiger partial charge in [-0.1, -0.05) is 19.9 Å². The number of hydrogen-bond acceptors (Lipinski definition) is 4. The number of sulfone groups is 1. The number of alkyl halides is 2. The molecule has 1 atom stereocenters. The average Bonchev–Trinajstić information content (AvgIpc) is 2.46. The topological polar surface area (TPSA) is 95.5 Å². The summed E-state index contributed by atoms with van der Waals surface area (Å²) in [5, 5.41) is 14.0. The Kier molecular flexibility index (Phi) is 6.89. The fraction of sp³-hybridized carbons (Fsp3) is 0.500. The summed E-state index contributed by atoms with van der Waals surface area (Å²) in [5.74, 6) is -3.44. The Balaban J connectivity index is 2.84. The second-order valence-electron chi connectivity index (χ2n) is 5.29. The van der Waals surface area contributed by atoms with E-state index >= 15 is 0 Å². The zero-order valence-electron chi connectivity index (χ0n) is 12.8. The SMILES string of the molecule is CC(C)[C@H](CCO)NC(=O)Nc1cccc(S(=O)(=O)C(F)F)c1. The minimum atomic E-state index is -4.72. The summed E-state index contributed by atoms with van der Waals surface area (Å²) in [6, 6.07) is 3.78. The Hall–Kier alpha value is -1.74. The summed E-state index contributed by atoms with van der Waals surface area (Å²) >= 11 is 0. The van der Waals surface area contributed by atoms with E-state index in [2.05, 4.69) is 10.6 Å². The van der Waals surface area contributed by atoms with Crippen LogP contribution >= 0.6 is 0 Å². The number of carbonyl (C=O) groups excluding carboxylic acids is 1. The predicted molar refractivity (Wildman–Crippen MR) is 82.1 cm³/mol. The number of aliphatic hydroxyl groups is 1. The average molecular weight is 350 g/mol. The molecule has 0 aliphatic heterocycles. The molecule has 1 rings (SSSR count). The first-order valence-electron chi connectivity index (χ1n) is 6.99. The molecule has 6 nitrogen and oxygen atoms in total. The molecule has 0 fully saturated rings. The van der Waals surface area contributed by atoms with Gasteiger partial charge >= 0.3 is 11.8 Å². The monoisotopic (exact) mass is 350 g/mol. The third kappa shape index (κ3) is 5.43. The van der Waals surface area contributed by atoms with E-state index in [4.69, 9.17) is 5.11 Å². The molecule has 0 bridgehead atoms. The first kappa shape index (κ1) is 19.3. The summed E-state index contributed by atoms with van der Waals surface area (Å²) in [4.78, 5) is 11.3. The largest absolute Gasteiger partial charge is 0.396 e. The lowest BCUT2D eigenvalue weighted by Crippen LogP contribution is -2.41. The van der Waals surface area contributed by atoms with Crippen molar-refractivity contribution in [3.63, 3.8) is 0 Å². The van der Waals surface area contributed by atoms with Crippen molar-refractivity contribution in [2.45, 2.75) is 37.0 Å². The van der Waals surface area contributed by atoms with Crippen LogP contribution in [0.1, 0.15) is 20.3 Å². The molecule has 0 aliphatic rings. The third-order valence-electron chi connectivity index (χ3n) is 3.22. The van der Waals surface area contributed by atoms with Crippen molar-refractivity contribution in [2.75, 3.05) is 11.9 Å². The van der Waals surface area contributed by atoms with Gasteiger partial charge in [0.15, 0.2) is 0 Å². The summed E-state index contributed by atoms with van der Waals surface area (Å²) in [7, 11) is -4.72. The van der Waals surface area contributed by atoms with Crippen LogP contribution in [0.15, 0.2) is 29.2 Å². The van der Waals surface area contributed by atoms with Gasteiger partial charge in [0, 0.05) is 18.3 Å². The quantitative estimate of drug-likeness (QED) is 0.702. The van der Waals surface area contributed by atoms with Gasteiger partial charge in [-0.2, -0.15) is 8.78 Å². The van der Waals surface area contributed by atoms with Crippen molar-refractivity contribution in [3.05, 3.63) is 24.3 Å². The Morgan fingerprint density at radius 2 is 1.96 bits per heavy atom. The number of nitrogens with one attached hydrogen (secondary N) is 2. The Morgan fingerprint density at radius 1 is 1.30 bits per heavy atom. The zero-order chi connectivity index (χ0) is 17.6. The third-order valence-corrected chi connectivity index (χ3v) is 4.60. The molecule has 0 aliphatic carbocycles. The second kappa shape index (κ2) is 8.21. The van der Waals surface area contributed by atoms with Crippen LogP contribution in [-0.4, -0.2) is 38.0 Å². The lowest BCUT2D eigenvalue weighted by atomic mass is 10.0. The van der Waals surface area contributed by atoms with Gasteiger partial charge in [0.05, 0.1) is 4.90 Å². The van der Waals surface area contributed by atoms with Crippen molar-refractivity contribution in [2.24, 2.45) is 5.92 Å². The minimum absolute atomic E-state index is 0.0794. The van der Waals surface area contributed by atoms with E-state index in [1.54, 1.807) is 0 Å². The summed E-state index contributed by atoms with van der Waals surface area (Å²) in [6.07, 6.45) is 0.366. The second-order valence-corrected chi connectivity index (χ2v) is 7.21. The van der Waals surface area contributed by atoms with E-state index in [0.29, 0.717) is 6.42 Å². The van der Waals surface area contributed by atoms with E-state index < -0.39 is 26.5 Å². The number of aliphatic hydroxyl groups excluding tert-OH is 1. The smallest absolute Gasteiger partial charge is 0.341 e. The molecule has 3 N–H and O–H groups in total. The van der Waals surface area contributed by atoms with E-state index in [-0.39, 0.29) is 24.3 Å². The Labute approximate surface area is 133 Å². The number of rotatable bonds is 7. The Morgan fingerprint density at radius 3 is 2.48 bits per heavy atom. The van der Waals surface area contributed by atoms with Gasteiger partial charge < -0.3 is 15.7 Å². The highest BCUT2D eigenvalue weighted by molar-refractivity contribution is 7.91. The van der Waals surface area contributed by atoms with Crippen LogP contribution in [0.2, 0.25) is 0 Å². The van der Waals surface area contributed by atoms with Crippen LogP contribution in [0.3, 0.4) is 0 Å². The number of halogens is 2. The fourth-order valence-electron chi connectivity index (χ4n) is 1.90. The van der Waals surface area contributed by atoms with E-state index in [0.717, 1.165) is 12.1 Å². The summed E-state index contributed by atoms with van der Waals surface area (Å²) < 4.78 is 47.9. The maximum absolute atomic E-state index is 12.5. The molecule has 23 heavy (non-hydrogen) atoms. The van der Waals surface area contributed by atoms with Gasteiger partial charge in [0.25, 0.3) is 0 Å². The molecule has 0 heterocycles. The minimum Gasteiger partial charge on any atom is -0.396 e. The molecule has 0 spiro atoms. The van der Waals surface area contributed by atoms with Crippen molar-refractivity contribution in [1.29, 1.82) is 0 Å². The fourth-order valence-corrected chi connectivity index (χ4v) is 2.67. The molecule has 2 amide bonds. The highest BCUT2D eigenvalue weighted by atomic mass is 32.2. The maximum atomic E-state index is 12.5. The van der Waals surface area contributed by atoms with Gasteiger partial charge in [0.2, 0.25) is 9.84 Å². The zero-order valence-corrected chi connectivity index (χ0v) is 13.6. The summed E-state index contributed by atoms with van der Waals surface area (Å²) in [6.45, 7) is 3.65. The number of amides is 2. The molecule has 0 aromatic heterocycles. The first-order chi connectivity index (χ1) is 10.7. The van der Waals surface area contributed by atoms with Crippen LogP contribution in [-0.2, 0) is 9.84 Å². The van der Waals surface area contributed by atoms with Crippen molar-refractivity contribution >= 4 is 21.6 Å². The van der Waals surface area contributed by atoms with Crippen molar-refractivity contribution in [1.82, 2.24) is 5.32 Å². The maximum Gasteiger partial charge on any atom is 0.341 e. The summed E-state index contributed by atoms with van der Waals surface area (Å²) in [5.41, 5.74) is 0.0794. The number of benzene rings is 1. The molecule has 0 saturated heterocycles. The van der Waals surface area contributed by atoms with E-state index in [1.165, 1.54) is 12.1 Å². The van der Waals surface area contributed by atoms with E-state index in [1.807, 2.05) is 13.8 Å². The number of hydrogen-bond donors (Lipinski definition) is 3. The normalized spacial score (nSPS) is 13.2. The standard InChI is InChI=1S/C14H20F2N2O4S/c1-9(2)12(6-7-19)18-14(20)17-10-4-3-5-11(8-10)23(21,22)13(15)16/h3-5,8-9,12-13,19H,6-7H2,1-2H3,(H2,17,18,20)/t12-/m0/s1. The number of carbonyl (C=O) groups is 1. The number of anilines is 1.